The van der Waals surface area contributed by atoms with E-state index in [1.807, 2.05) is 6.07 Å². The second-order valence-corrected chi connectivity index (χ2v) is 8.99. The summed E-state index contributed by atoms with van der Waals surface area (Å²) in [7, 11) is -4.27. The first-order valence-electron chi connectivity index (χ1n) is 9.36. The molecule has 0 fully saturated rings. The maximum Gasteiger partial charge on any atom is 0.271 e. The summed E-state index contributed by atoms with van der Waals surface area (Å²) in [6.07, 6.45) is 0. The van der Waals surface area contributed by atoms with Gasteiger partial charge >= 0.3 is 0 Å². The Labute approximate surface area is 192 Å². The fourth-order valence-corrected chi connectivity index (χ4v) is 4.37. The summed E-state index contributed by atoms with van der Waals surface area (Å²) >= 11 is 5.89. The fraction of sp³-hybridized carbons (Fsp3) is 0.0400. The van der Waals surface area contributed by atoms with E-state index >= 15 is 0 Å². The molecular formula is C25H17ClN2O3S. The first-order valence-corrected chi connectivity index (χ1v) is 11.2. The van der Waals surface area contributed by atoms with E-state index in [0.717, 1.165) is 0 Å². The first kappa shape index (κ1) is 22.8. The lowest BCUT2D eigenvalue weighted by atomic mass is 10.1. The van der Waals surface area contributed by atoms with Crippen molar-refractivity contribution in [3.63, 3.8) is 0 Å². The van der Waals surface area contributed by atoms with Gasteiger partial charge in [-0.05, 0) is 67.6 Å². The molecule has 0 bridgehead atoms. The van der Waals surface area contributed by atoms with Crippen molar-refractivity contribution in [2.24, 2.45) is 0 Å². The van der Waals surface area contributed by atoms with Crippen LogP contribution in [-0.2, 0) is 14.8 Å². The largest absolute Gasteiger partial charge is 0.271 e. The Morgan fingerprint density at radius 2 is 1.53 bits per heavy atom. The van der Waals surface area contributed by atoms with Crippen LogP contribution in [-0.4, -0.2) is 14.3 Å². The van der Waals surface area contributed by atoms with Crippen LogP contribution >= 0.6 is 11.6 Å². The third-order valence-electron chi connectivity index (χ3n) is 4.38. The average molecular weight is 461 g/mol. The van der Waals surface area contributed by atoms with Gasteiger partial charge in [0, 0.05) is 21.7 Å². The molecule has 0 heterocycles. The highest BCUT2D eigenvalue weighted by atomic mass is 35.5. The molecule has 0 atom stereocenters. The summed E-state index contributed by atoms with van der Waals surface area (Å²) in [5.74, 6) is 5.10. The van der Waals surface area contributed by atoms with E-state index in [9.17, 15) is 13.2 Å². The maximum atomic E-state index is 13.4. The van der Waals surface area contributed by atoms with Crippen molar-refractivity contribution in [1.29, 1.82) is 5.26 Å². The van der Waals surface area contributed by atoms with E-state index in [2.05, 4.69) is 18.4 Å². The van der Waals surface area contributed by atoms with Gasteiger partial charge in [-0.15, -0.1) is 0 Å². The van der Waals surface area contributed by atoms with Gasteiger partial charge in [-0.1, -0.05) is 42.2 Å². The molecule has 0 saturated heterocycles. The normalized spacial score (nSPS) is 10.4. The molecule has 3 aromatic rings. The van der Waals surface area contributed by atoms with E-state index in [1.54, 1.807) is 42.5 Å². The number of rotatable bonds is 4. The smallest absolute Gasteiger partial charge is 0.268 e. The van der Waals surface area contributed by atoms with E-state index < -0.39 is 15.9 Å². The minimum Gasteiger partial charge on any atom is -0.268 e. The van der Waals surface area contributed by atoms with Crippen molar-refractivity contribution in [3.8, 4) is 17.9 Å². The molecule has 1 amide bonds. The summed E-state index contributed by atoms with van der Waals surface area (Å²) < 4.78 is 27.6. The molecule has 0 saturated carbocycles. The van der Waals surface area contributed by atoms with Crippen molar-refractivity contribution < 1.29 is 13.2 Å². The number of anilines is 1. The van der Waals surface area contributed by atoms with Crippen molar-refractivity contribution in [1.82, 2.24) is 0 Å². The number of nitrogens with zero attached hydrogens (tertiary/aromatic N) is 2. The van der Waals surface area contributed by atoms with Gasteiger partial charge in [0.05, 0.1) is 22.2 Å². The second kappa shape index (κ2) is 9.53. The highest BCUT2D eigenvalue weighted by Gasteiger charge is 2.32. The standard InChI is InChI=1S/C25H17ClN2O3S/c1-18(2)25(29)28(32(30,31)23-15-13-22(26)14-16-23)24-6-4-3-5-21(24)12-11-19-7-9-20(17-27)10-8-19/h3-10,13-16H,1H2,2H3. The molecule has 0 aromatic heterocycles. The number of benzene rings is 3. The van der Waals surface area contributed by atoms with Crippen LogP contribution in [0.1, 0.15) is 23.6 Å². The Hall–Kier alpha value is -3.84. The predicted octanol–water partition coefficient (Wildman–Crippen LogP) is 4.91. The molecule has 0 aliphatic carbocycles. The van der Waals surface area contributed by atoms with Crippen molar-refractivity contribution in [3.05, 3.63) is 107 Å². The zero-order chi connectivity index (χ0) is 23.3. The highest BCUT2D eigenvalue weighted by molar-refractivity contribution is 7.93. The van der Waals surface area contributed by atoms with Crippen LogP contribution < -0.4 is 4.31 Å². The molecule has 7 heteroatoms. The number of nitriles is 1. The van der Waals surface area contributed by atoms with Crippen molar-refractivity contribution >= 4 is 33.2 Å². The van der Waals surface area contributed by atoms with Gasteiger partial charge in [0.25, 0.3) is 15.9 Å². The molecule has 3 rings (SSSR count). The quantitative estimate of drug-likeness (QED) is 0.409. The van der Waals surface area contributed by atoms with Gasteiger partial charge in [-0.3, -0.25) is 4.79 Å². The third kappa shape index (κ3) is 4.90. The lowest BCUT2D eigenvalue weighted by Crippen LogP contribution is -2.37. The summed E-state index contributed by atoms with van der Waals surface area (Å²) in [4.78, 5) is 12.9. The number of hydrogen-bond acceptors (Lipinski definition) is 4. The zero-order valence-corrected chi connectivity index (χ0v) is 18.6. The molecule has 158 valence electrons. The minimum atomic E-state index is -4.27. The molecule has 0 spiro atoms. The Morgan fingerprint density at radius 3 is 2.12 bits per heavy atom. The van der Waals surface area contributed by atoms with Gasteiger partial charge in [0.2, 0.25) is 0 Å². The van der Waals surface area contributed by atoms with Crippen LogP contribution in [0.3, 0.4) is 0 Å². The van der Waals surface area contributed by atoms with E-state index in [-0.39, 0.29) is 16.2 Å². The lowest BCUT2D eigenvalue weighted by Gasteiger charge is -2.24. The Morgan fingerprint density at radius 1 is 0.938 bits per heavy atom. The topological polar surface area (TPSA) is 78.2 Å². The third-order valence-corrected chi connectivity index (χ3v) is 6.34. The number of carbonyl (C=O) groups is 1. The van der Waals surface area contributed by atoms with Gasteiger partial charge in [0.1, 0.15) is 0 Å². The lowest BCUT2D eigenvalue weighted by molar-refractivity contribution is -0.114. The minimum absolute atomic E-state index is 0.0531. The molecule has 0 aliphatic heterocycles. The van der Waals surface area contributed by atoms with Crippen LogP contribution in [0.5, 0.6) is 0 Å². The van der Waals surface area contributed by atoms with Crippen molar-refractivity contribution in [2.75, 3.05) is 4.31 Å². The molecule has 32 heavy (non-hydrogen) atoms. The second-order valence-electron chi connectivity index (χ2n) is 6.77. The fourth-order valence-electron chi connectivity index (χ4n) is 2.76. The Bertz CT molecular complexity index is 1390. The van der Waals surface area contributed by atoms with Crippen LogP contribution in [0.2, 0.25) is 5.02 Å². The van der Waals surface area contributed by atoms with Gasteiger partial charge in [0.15, 0.2) is 0 Å². The summed E-state index contributed by atoms with van der Waals surface area (Å²) in [5, 5.41) is 9.29. The predicted molar refractivity (Wildman–Crippen MR) is 125 cm³/mol. The summed E-state index contributed by atoms with van der Waals surface area (Å²) in [5.41, 5.74) is 1.64. The van der Waals surface area contributed by atoms with Crippen molar-refractivity contribution in [2.45, 2.75) is 11.8 Å². The van der Waals surface area contributed by atoms with Gasteiger partial charge < -0.3 is 0 Å². The van der Waals surface area contributed by atoms with E-state index in [0.29, 0.717) is 26.0 Å². The van der Waals surface area contributed by atoms with Crippen LogP contribution in [0, 0.1) is 23.2 Å². The summed E-state index contributed by atoms with van der Waals surface area (Å²) in [6, 6.07) is 20.7. The van der Waals surface area contributed by atoms with E-state index in [1.165, 1.54) is 37.3 Å². The molecule has 5 nitrogen and oxygen atoms in total. The average Bonchev–Trinajstić information content (AvgIpc) is 2.79. The number of amides is 1. The number of hydrogen-bond donors (Lipinski definition) is 0. The highest BCUT2D eigenvalue weighted by Crippen LogP contribution is 2.29. The zero-order valence-electron chi connectivity index (χ0n) is 17.0. The monoisotopic (exact) mass is 460 g/mol. The number of carbonyl (C=O) groups excluding carboxylic acids is 1. The van der Waals surface area contributed by atoms with Crippen LogP contribution in [0.4, 0.5) is 5.69 Å². The molecular weight excluding hydrogens is 444 g/mol. The van der Waals surface area contributed by atoms with Crippen LogP contribution in [0.25, 0.3) is 0 Å². The van der Waals surface area contributed by atoms with Gasteiger partial charge in [-0.25, -0.2) is 8.42 Å². The first-order chi connectivity index (χ1) is 15.2. The Balaban J connectivity index is 2.14. The SMILES string of the molecule is C=C(C)C(=O)N(c1ccccc1C#Cc1ccc(C#N)cc1)S(=O)(=O)c1ccc(Cl)cc1. The maximum absolute atomic E-state index is 13.4. The number of sulfonamides is 1. The van der Waals surface area contributed by atoms with E-state index in [4.69, 9.17) is 16.9 Å². The summed E-state index contributed by atoms with van der Waals surface area (Å²) in [6.45, 7) is 5.07. The molecule has 0 unspecified atom stereocenters. The molecule has 3 aromatic carbocycles. The van der Waals surface area contributed by atoms with Gasteiger partial charge in [-0.2, -0.15) is 9.57 Å². The Kier molecular flexibility index (Phi) is 6.80. The number of halogens is 1. The molecule has 0 aliphatic rings. The number of para-hydroxylation sites is 1. The molecule has 0 radical (unpaired) electrons. The van der Waals surface area contributed by atoms with Crippen LogP contribution in [0.15, 0.2) is 89.8 Å². The molecule has 0 N–H and O–H groups in total.